The van der Waals surface area contributed by atoms with Crippen molar-refractivity contribution in [3.63, 3.8) is 0 Å². The Morgan fingerprint density at radius 1 is 1.32 bits per heavy atom. The molecule has 0 aromatic carbocycles. The molecule has 1 rings (SSSR count). The molecule has 0 bridgehead atoms. The van der Waals surface area contributed by atoms with Crippen LogP contribution in [0.3, 0.4) is 0 Å². The van der Waals surface area contributed by atoms with Gasteiger partial charge in [-0.25, -0.2) is 4.79 Å². The third-order valence-corrected chi connectivity index (χ3v) is 3.17. The van der Waals surface area contributed by atoms with Crippen LogP contribution in [0.15, 0.2) is 6.20 Å². The predicted octanol–water partition coefficient (Wildman–Crippen LogP) is 3.00. The molecule has 0 fully saturated rings. The summed E-state index contributed by atoms with van der Waals surface area (Å²) >= 11 is 0. The molecule has 1 N–H and O–H groups in total. The molecule has 0 aliphatic heterocycles. The smallest absolute Gasteiger partial charge is 0.339 e. The van der Waals surface area contributed by atoms with E-state index in [-0.39, 0.29) is 5.56 Å². The van der Waals surface area contributed by atoms with Crippen LogP contribution in [0.4, 0.5) is 0 Å². The molecule has 5 heteroatoms. The fourth-order valence-electron chi connectivity index (χ4n) is 1.97. The Morgan fingerprint density at radius 2 is 2.00 bits per heavy atom. The molecule has 19 heavy (non-hydrogen) atoms. The first-order valence-electron chi connectivity index (χ1n) is 6.98. The molecule has 108 valence electrons. The van der Waals surface area contributed by atoms with Gasteiger partial charge in [0.05, 0.1) is 18.5 Å². The highest BCUT2D eigenvalue weighted by Gasteiger charge is 2.14. The molecular formula is C14H24N2O3. The van der Waals surface area contributed by atoms with E-state index in [1.165, 1.54) is 38.3 Å². The maximum atomic E-state index is 11.0. The van der Waals surface area contributed by atoms with Gasteiger partial charge in [0.15, 0.2) is 0 Å². The van der Waals surface area contributed by atoms with Crippen LogP contribution >= 0.6 is 0 Å². The van der Waals surface area contributed by atoms with Crippen molar-refractivity contribution in [3.05, 3.63) is 17.5 Å². The predicted molar refractivity (Wildman–Crippen MR) is 73.2 cm³/mol. The van der Waals surface area contributed by atoms with Crippen LogP contribution in [0, 0.1) is 0 Å². The van der Waals surface area contributed by atoms with E-state index in [4.69, 9.17) is 9.84 Å². The maximum absolute atomic E-state index is 11.0. The van der Waals surface area contributed by atoms with E-state index in [2.05, 4.69) is 12.0 Å². The number of carbonyl (C=O) groups is 1. The summed E-state index contributed by atoms with van der Waals surface area (Å²) in [7, 11) is 1.73. The SMILES string of the molecule is CCCCCCCCOCc1c(C(=O)O)cnn1C. The van der Waals surface area contributed by atoms with Crippen molar-refractivity contribution in [2.45, 2.75) is 52.1 Å². The minimum Gasteiger partial charge on any atom is -0.478 e. The highest BCUT2D eigenvalue weighted by Crippen LogP contribution is 2.10. The standard InChI is InChI=1S/C14H24N2O3/c1-3-4-5-6-7-8-9-19-11-13-12(14(17)18)10-15-16(13)2/h10H,3-9,11H2,1-2H3,(H,17,18). The lowest BCUT2D eigenvalue weighted by Gasteiger charge is -2.06. The first kappa shape index (κ1) is 15.7. The molecule has 0 unspecified atom stereocenters. The van der Waals surface area contributed by atoms with E-state index >= 15 is 0 Å². The zero-order chi connectivity index (χ0) is 14.1. The van der Waals surface area contributed by atoms with Crippen molar-refractivity contribution >= 4 is 5.97 Å². The molecule has 5 nitrogen and oxygen atoms in total. The number of nitrogens with zero attached hydrogens (tertiary/aromatic N) is 2. The Hall–Kier alpha value is -1.36. The summed E-state index contributed by atoms with van der Waals surface area (Å²) in [6, 6.07) is 0. The Balaban J connectivity index is 2.19. The summed E-state index contributed by atoms with van der Waals surface area (Å²) in [4.78, 5) is 11.0. The summed E-state index contributed by atoms with van der Waals surface area (Å²) in [5.41, 5.74) is 0.851. The van der Waals surface area contributed by atoms with Crippen LogP contribution in [-0.4, -0.2) is 27.5 Å². The van der Waals surface area contributed by atoms with Gasteiger partial charge in [0.1, 0.15) is 5.56 Å². The number of carboxylic acid groups (broad SMARTS) is 1. The van der Waals surface area contributed by atoms with E-state index in [0.717, 1.165) is 6.42 Å². The number of aromatic carboxylic acids is 1. The molecule has 0 saturated carbocycles. The molecule has 0 spiro atoms. The molecule has 1 aromatic rings. The quantitative estimate of drug-likeness (QED) is 0.662. The van der Waals surface area contributed by atoms with Gasteiger partial charge in [0.2, 0.25) is 0 Å². The van der Waals surface area contributed by atoms with Crippen molar-refractivity contribution in [1.29, 1.82) is 0 Å². The molecule has 0 saturated heterocycles. The highest BCUT2D eigenvalue weighted by molar-refractivity contribution is 5.88. The van der Waals surface area contributed by atoms with Gasteiger partial charge < -0.3 is 9.84 Å². The molecule has 1 aromatic heterocycles. The molecule has 0 aliphatic rings. The minimum atomic E-state index is -0.953. The van der Waals surface area contributed by atoms with Crippen LogP contribution in [-0.2, 0) is 18.4 Å². The molecule has 0 radical (unpaired) electrons. The molecule has 0 amide bonds. The second-order valence-corrected chi connectivity index (χ2v) is 4.75. The monoisotopic (exact) mass is 268 g/mol. The zero-order valence-electron chi connectivity index (χ0n) is 11.9. The fraction of sp³-hybridized carbons (Fsp3) is 0.714. The van der Waals surface area contributed by atoms with Crippen molar-refractivity contribution in [2.24, 2.45) is 7.05 Å². The van der Waals surface area contributed by atoms with Gasteiger partial charge in [-0.15, -0.1) is 0 Å². The number of hydrogen-bond donors (Lipinski definition) is 1. The Bertz CT molecular complexity index is 388. The molecule has 0 aliphatic carbocycles. The average Bonchev–Trinajstić information content (AvgIpc) is 2.74. The lowest BCUT2D eigenvalue weighted by atomic mass is 10.1. The molecular weight excluding hydrogens is 244 g/mol. The first-order valence-corrected chi connectivity index (χ1v) is 6.98. The number of aryl methyl sites for hydroxylation is 1. The summed E-state index contributed by atoms with van der Waals surface area (Å²) in [5, 5.41) is 12.9. The van der Waals surface area contributed by atoms with Crippen LogP contribution in [0.25, 0.3) is 0 Å². The Kier molecular flexibility index (Phi) is 7.18. The maximum Gasteiger partial charge on any atom is 0.339 e. The summed E-state index contributed by atoms with van der Waals surface area (Å²) < 4.78 is 7.09. The number of hydrogen-bond acceptors (Lipinski definition) is 3. The van der Waals surface area contributed by atoms with Crippen LogP contribution in [0.5, 0.6) is 0 Å². The van der Waals surface area contributed by atoms with E-state index in [1.54, 1.807) is 11.7 Å². The van der Waals surface area contributed by atoms with Gasteiger partial charge in [-0.05, 0) is 6.42 Å². The van der Waals surface area contributed by atoms with E-state index in [0.29, 0.717) is 18.9 Å². The second-order valence-electron chi connectivity index (χ2n) is 4.75. The normalized spacial score (nSPS) is 10.8. The van der Waals surface area contributed by atoms with Gasteiger partial charge in [-0.3, -0.25) is 4.68 Å². The molecule has 1 heterocycles. The first-order chi connectivity index (χ1) is 9.16. The van der Waals surface area contributed by atoms with Crippen molar-refractivity contribution in [1.82, 2.24) is 9.78 Å². The van der Waals surface area contributed by atoms with Crippen molar-refractivity contribution < 1.29 is 14.6 Å². The van der Waals surface area contributed by atoms with Crippen LogP contribution in [0.1, 0.15) is 61.5 Å². The average molecular weight is 268 g/mol. The van der Waals surface area contributed by atoms with E-state index < -0.39 is 5.97 Å². The minimum absolute atomic E-state index is 0.227. The Labute approximate surface area is 114 Å². The van der Waals surface area contributed by atoms with Crippen molar-refractivity contribution in [2.75, 3.05) is 6.61 Å². The third kappa shape index (κ3) is 5.42. The highest BCUT2D eigenvalue weighted by atomic mass is 16.5. The number of ether oxygens (including phenoxy) is 1. The second kappa shape index (κ2) is 8.69. The fourth-order valence-corrected chi connectivity index (χ4v) is 1.97. The zero-order valence-corrected chi connectivity index (χ0v) is 11.9. The summed E-state index contributed by atoms with van der Waals surface area (Å²) in [6.07, 6.45) is 8.68. The van der Waals surface area contributed by atoms with Gasteiger partial charge in [-0.2, -0.15) is 5.10 Å². The Morgan fingerprint density at radius 3 is 2.68 bits per heavy atom. The van der Waals surface area contributed by atoms with Gasteiger partial charge >= 0.3 is 5.97 Å². The molecule has 0 atom stereocenters. The van der Waals surface area contributed by atoms with Gasteiger partial charge in [-0.1, -0.05) is 39.0 Å². The number of carboxylic acids is 1. The lowest BCUT2D eigenvalue weighted by molar-refractivity contribution is 0.0685. The number of aromatic nitrogens is 2. The number of unbranched alkanes of at least 4 members (excludes halogenated alkanes) is 5. The summed E-state index contributed by atoms with van der Waals surface area (Å²) in [6.45, 7) is 3.19. The van der Waals surface area contributed by atoms with E-state index in [1.807, 2.05) is 0 Å². The third-order valence-electron chi connectivity index (χ3n) is 3.17. The van der Waals surface area contributed by atoms with Crippen LogP contribution < -0.4 is 0 Å². The van der Waals surface area contributed by atoms with Crippen molar-refractivity contribution in [3.8, 4) is 0 Å². The van der Waals surface area contributed by atoms with Gasteiger partial charge in [0.25, 0.3) is 0 Å². The lowest BCUT2D eigenvalue weighted by Crippen LogP contribution is -2.07. The van der Waals surface area contributed by atoms with E-state index in [9.17, 15) is 4.79 Å². The summed E-state index contributed by atoms with van der Waals surface area (Å²) in [5.74, 6) is -0.953. The van der Waals surface area contributed by atoms with Crippen LogP contribution in [0.2, 0.25) is 0 Å². The number of rotatable bonds is 10. The van der Waals surface area contributed by atoms with Gasteiger partial charge in [0, 0.05) is 13.7 Å². The topological polar surface area (TPSA) is 64.3 Å². The largest absolute Gasteiger partial charge is 0.478 e.